The molecule has 0 aliphatic carbocycles. The van der Waals surface area contributed by atoms with Crippen molar-refractivity contribution >= 4 is 35.1 Å². The minimum Gasteiger partial charge on any atom is -0.497 e. The van der Waals surface area contributed by atoms with E-state index >= 15 is 0 Å². The van der Waals surface area contributed by atoms with Gasteiger partial charge in [0.15, 0.2) is 5.16 Å². The van der Waals surface area contributed by atoms with Crippen molar-refractivity contribution < 1.29 is 19.1 Å². The maximum Gasteiger partial charge on any atom is 0.257 e. The molecule has 1 aromatic carbocycles. The molecule has 3 N–H and O–H groups in total. The molecular weight excluding hydrogens is 372 g/mol. The minimum absolute atomic E-state index is 0.112. The Labute approximate surface area is 158 Å². The van der Waals surface area contributed by atoms with Crippen molar-refractivity contribution in [2.24, 2.45) is 0 Å². The lowest BCUT2D eigenvalue weighted by Crippen LogP contribution is -2.36. The molecule has 0 spiro atoms. The van der Waals surface area contributed by atoms with Gasteiger partial charge in [-0.15, -0.1) is 0 Å². The predicted octanol–water partition coefficient (Wildman–Crippen LogP) is 1.57. The number of benzene rings is 1. The Morgan fingerprint density at radius 3 is 2.74 bits per heavy atom. The number of methoxy groups -OCH3 is 2. The third-order valence-electron chi connectivity index (χ3n) is 4.11. The maximum absolute atomic E-state index is 12.8. The number of carbonyl (C=O) groups is 2. The zero-order valence-corrected chi connectivity index (χ0v) is 15.7. The van der Waals surface area contributed by atoms with E-state index in [-0.39, 0.29) is 23.7 Å². The van der Waals surface area contributed by atoms with Crippen LogP contribution in [0.4, 0.5) is 11.5 Å². The summed E-state index contributed by atoms with van der Waals surface area (Å²) in [6, 6.07) is 4.91. The lowest BCUT2D eigenvalue weighted by molar-refractivity contribution is -0.123. The van der Waals surface area contributed by atoms with Gasteiger partial charge in [0.2, 0.25) is 11.8 Å². The molecule has 0 saturated heterocycles. The number of hydrogen-bond donors (Lipinski definition) is 3. The number of amides is 2. The van der Waals surface area contributed by atoms with E-state index in [1.807, 2.05) is 0 Å². The number of anilines is 2. The number of nitrogens with one attached hydrogen (secondary N) is 3. The van der Waals surface area contributed by atoms with Crippen LogP contribution in [0.2, 0.25) is 0 Å². The zero-order valence-electron chi connectivity index (χ0n) is 14.9. The molecule has 1 aromatic heterocycles. The first-order valence-electron chi connectivity index (χ1n) is 7.97. The van der Waals surface area contributed by atoms with Crippen LogP contribution in [0.1, 0.15) is 17.9 Å². The van der Waals surface area contributed by atoms with E-state index in [0.717, 1.165) is 0 Å². The SMILES string of the molecule is COc1ccc(NC(=O)C2CC(=O)Nc3nc(SC)[nH]c(=O)c32)c(OC)c1. The Morgan fingerprint density at radius 1 is 1.30 bits per heavy atom. The van der Waals surface area contributed by atoms with Gasteiger partial charge in [-0.1, -0.05) is 11.8 Å². The van der Waals surface area contributed by atoms with Gasteiger partial charge in [0.05, 0.1) is 31.4 Å². The molecule has 0 radical (unpaired) electrons. The molecule has 142 valence electrons. The maximum atomic E-state index is 12.8. The molecule has 1 aliphatic rings. The molecule has 2 heterocycles. The molecule has 27 heavy (non-hydrogen) atoms. The molecule has 1 atom stereocenters. The number of rotatable bonds is 5. The highest BCUT2D eigenvalue weighted by molar-refractivity contribution is 7.98. The molecular formula is C17H18N4O5S. The normalized spacial score (nSPS) is 15.5. The Kier molecular flexibility index (Phi) is 5.36. The highest BCUT2D eigenvalue weighted by atomic mass is 32.2. The van der Waals surface area contributed by atoms with Crippen LogP contribution in [-0.4, -0.2) is 42.3 Å². The minimum atomic E-state index is -0.965. The first-order chi connectivity index (χ1) is 13.0. The fourth-order valence-electron chi connectivity index (χ4n) is 2.79. The van der Waals surface area contributed by atoms with E-state index in [9.17, 15) is 14.4 Å². The monoisotopic (exact) mass is 390 g/mol. The number of ether oxygens (including phenoxy) is 2. The van der Waals surface area contributed by atoms with Crippen LogP contribution in [-0.2, 0) is 9.59 Å². The molecule has 0 saturated carbocycles. The summed E-state index contributed by atoms with van der Waals surface area (Å²) >= 11 is 1.23. The second-order valence-electron chi connectivity index (χ2n) is 5.70. The van der Waals surface area contributed by atoms with Crippen molar-refractivity contribution in [3.05, 3.63) is 34.1 Å². The van der Waals surface area contributed by atoms with Crippen LogP contribution >= 0.6 is 11.8 Å². The van der Waals surface area contributed by atoms with E-state index in [2.05, 4.69) is 20.6 Å². The summed E-state index contributed by atoms with van der Waals surface area (Å²) in [7, 11) is 2.99. The number of nitrogens with zero attached hydrogens (tertiary/aromatic N) is 1. The predicted molar refractivity (Wildman–Crippen MR) is 101 cm³/mol. The van der Waals surface area contributed by atoms with Crippen molar-refractivity contribution in [2.75, 3.05) is 31.1 Å². The molecule has 10 heteroatoms. The van der Waals surface area contributed by atoms with Crippen LogP contribution < -0.4 is 25.7 Å². The standard InChI is InChI=1S/C17H18N4O5S/c1-25-8-4-5-10(11(6-8)26-2)18-15(23)9-7-12(22)19-14-13(9)16(24)21-17(20-14)27-3/h4-6,9H,7H2,1-3H3,(H,18,23)(H2,19,20,21,22,24). The lowest BCUT2D eigenvalue weighted by atomic mass is 9.92. The van der Waals surface area contributed by atoms with Crippen molar-refractivity contribution in [3.8, 4) is 11.5 Å². The molecule has 3 rings (SSSR count). The topological polar surface area (TPSA) is 122 Å². The first kappa shape index (κ1) is 18.8. The number of aromatic nitrogens is 2. The van der Waals surface area contributed by atoms with Crippen LogP contribution in [0.15, 0.2) is 28.2 Å². The van der Waals surface area contributed by atoms with Crippen LogP contribution in [0.25, 0.3) is 0 Å². The number of carbonyl (C=O) groups excluding carboxylic acids is 2. The van der Waals surface area contributed by atoms with Gasteiger partial charge < -0.3 is 25.1 Å². The van der Waals surface area contributed by atoms with Crippen molar-refractivity contribution in [2.45, 2.75) is 17.5 Å². The van der Waals surface area contributed by atoms with E-state index in [1.54, 1.807) is 24.5 Å². The van der Waals surface area contributed by atoms with Crippen LogP contribution in [0, 0.1) is 0 Å². The highest BCUT2D eigenvalue weighted by Crippen LogP contribution is 2.33. The second kappa shape index (κ2) is 7.70. The van der Waals surface area contributed by atoms with Gasteiger partial charge in [-0.05, 0) is 18.4 Å². The van der Waals surface area contributed by atoms with Gasteiger partial charge in [0, 0.05) is 12.5 Å². The number of H-pyrrole nitrogens is 1. The summed E-state index contributed by atoms with van der Waals surface area (Å²) in [6.07, 6.45) is 1.59. The van der Waals surface area contributed by atoms with E-state index in [4.69, 9.17) is 9.47 Å². The van der Waals surface area contributed by atoms with E-state index in [1.165, 1.54) is 26.0 Å². The average Bonchev–Trinajstić information content (AvgIpc) is 2.66. The van der Waals surface area contributed by atoms with Crippen molar-refractivity contribution in [1.29, 1.82) is 0 Å². The quantitative estimate of drug-likeness (QED) is 0.523. The number of hydrogen-bond acceptors (Lipinski definition) is 7. The molecule has 1 aliphatic heterocycles. The molecule has 9 nitrogen and oxygen atoms in total. The molecule has 2 aromatic rings. The van der Waals surface area contributed by atoms with Gasteiger partial charge in [-0.3, -0.25) is 14.4 Å². The third-order valence-corrected chi connectivity index (χ3v) is 4.69. The summed E-state index contributed by atoms with van der Waals surface area (Å²) in [5, 5.41) is 5.63. The van der Waals surface area contributed by atoms with Gasteiger partial charge in [0.25, 0.3) is 5.56 Å². The number of thioether (sulfide) groups is 1. The largest absolute Gasteiger partial charge is 0.497 e. The lowest BCUT2D eigenvalue weighted by Gasteiger charge is -2.23. The van der Waals surface area contributed by atoms with Crippen molar-refractivity contribution in [1.82, 2.24) is 9.97 Å². The van der Waals surface area contributed by atoms with E-state index in [0.29, 0.717) is 22.3 Å². The van der Waals surface area contributed by atoms with Gasteiger partial charge >= 0.3 is 0 Å². The van der Waals surface area contributed by atoms with Gasteiger partial charge in [-0.2, -0.15) is 0 Å². The molecule has 0 bridgehead atoms. The molecule has 2 amide bonds. The Bertz CT molecular complexity index is 959. The molecule has 1 unspecified atom stereocenters. The summed E-state index contributed by atoms with van der Waals surface area (Å²) in [4.78, 5) is 44.1. The van der Waals surface area contributed by atoms with Gasteiger partial charge in [-0.25, -0.2) is 4.98 Å². The molecule has 0 fully saturated rings. The summed E-state index contributed by atoms with van der Waals surface area (Å²) in [6.45, 7) is 0. The average molecular weight is 390 g/mol. The van der Waals surface area contributed by atoms with Crippen molar-refractivity contribution in [3.63, 3.8) is 0 Å². The number of fused-ring (bicyclic) bond motifs is 1. The Morgan fingerprint density at radius 2 is 2.07 bits per heavy atom. The fraction of sp³-hybridized carbons (Fsp3) is 0.294. The summed E-state index contributed by atoms with van der Waals surface area (Å²) < 4.78 is 10.4. The highest BCUT2D eigenvalue weighted by Gasteiger charge is 2.35. The Hall–Kier alpha value is -3.01. The van der Waals surface area contributed by atoms with Crippen LogP contribution in [0.5, 0.6) is 11.5 Å². The second-order valence-corrected chi connectivity index (χ2v) is 6.49. The Balaban J connectivity index is 1.95. The van der Waals surface area contributed by atoms with E-state index < -0.39 is 17.4 Å². The summed E-state index contributed by atoms with van der Waals surface area (Å²) in [5.41, 5.74) is 0.0875. The third kappa shape index (κ3) is 3.75. The smallest absolute Gasteiger partial charge is 0.257 e. The van der Waals surface area contributed by atoms with Gasteiger partial charge in [0.1, 0.15) is 17.3 Å². The number of aromatic amines is 1. The van der Waals surface area contributed by atoms with Crippen LogP contribution in [0.3, 0.4) is 0 Å². The zero-order chi connectivity index (χ0) is 19.6. The first-order valence-corrected chi connectivity index (χ1v) is 9.20. The fourth-order valence-corrected chi connectivity index (χ4v) is 3.17. The summed E-state index contributed by atoms with van der Waals surface area (Å²) in [5.74, 6) is -0.771.